The van der Waals surface area contributed by atoms with E-state index in [1.807, 2.05) is 20.8 Å². The van der Waals surface area contributed by atoms with Gasteiger partial charge in [0.2, 0.25) is 17.7 Å². The lowest BCUT2D eigenvalue weighted by atomic mass is 9.83. The van der Waals surface area contributed by atoms with E-state index in [0.717, 1.165) is 25.7 Å². The fraction of sp³-hybridized carbons (Fsp3) is 0.818. The van der Waals surface area contributed by atoms with Crippen LogP contribution in [0.15, 0.2) is 0 Å². The van der Waals surface area contributed by atoms with E-state index in [9.17, 15) is 19.2 Å². The van der Waals surface area contributed by atoms with Crippen LogP contribution in [-0.2, 0) is 19.2 Å². The third-order valence-corrected chi connectivity index (χ3v) is 5.31. The average Bonchev–Trinajstić information content (AvgIpc) is 2.69. The van der Waals surface area contributed by atoms with E-state index in [0.29, 0.717) is 63.3 Å². The van der Waals surface area contributed by atoms with Gasteiger partial charge in [-0.25, -0.2) is 0 Å². The number of carbonyl (C=O) groups is 4. The van der Waals surface area contributed by atoms with Crippen LogP contribution in [0.3, 0.4) is 0 Å². The molecule has 0 aliphatic heterocycles. The first-order valence-electron chi connectivity index (χ1n) is 11.2. The highest BCUT2D eigenvalue weighted by atomic mass is 16.2. The van der Waals surface area contributed by atoms with Gasteiger partial charge in [-0.2, -0.15) is 0 Å². The zero-order valence-corrected chi connectivity index (χ0v) is 18.4. The van der Waals surface area contributed by atoms with Crippen LogP contribution in [0.2, 0.25) is 0 Å². The minimum absolute atomic E-state index is 0.0118. The van der Waals surface area contributed by atoms with Gasteiger partial charge < -0.3 is 16.0 Å². The van der Waals surface area contributed by atoms with Crippen LogP contribution >= 0.6 is 0 Å². The summed E-state index contributed by atoms with van der Waals surface area (Å²) < 4.78 is 0. The molecule has 3 N–H and O–H groups in total. The maximum absolute atomic E-state index is 12.1. The number of hydrogen-bond acceptors (Lipinski definition) is 4. The molecule has 7 nitrogen and oxygen atoms in total. The molecule has 1 rings (SSSR count). The standard InChI is InChI=1S/C22H39N3O4/c1-4-19(26)17-10-12-18(13-11-17)25-22(29)8-5-7-20(27)23-14-6-9-21(28)24-15-16(2)3/h16-18H,4-15H2,1-3H3,(H,23,27)(H,24,28)(H,25,29). The normalized spacial score (nSPS) is 18.9. The molecule has 166 valence electrons. The summed E-state index contributed by atoms with van der Waals surface area (Å²) in [5, 5.41) is 8.67. The maximum atomic E-state index is 12.1. The molecule has 3 amide bonds. The molecule has 0 atom stereocenters. The summed E-state index contributed by atoms with van der Waals surface area (Å²) in [5.41, 5.74) is 0. The molecule has 0 aromatic heterocycles. The van der Waals surface area contributed by atoms with Gasteiger partial charge in [-0.05, 0) is 44.4 Å². The first kappa shape index (κ1) is 25.1. The number of nitrogens with one attached hydrogen (secondary N) is 3. The van der Waals surface area contributed by atoms with Gasteiger partial charge in [0, 0.05) is 50.7 Å². The fourth-order valence-electron chi connectivity index (χ4n) is 3.53. The molecule has 1 aliphatic carbocycles. The molecule has 0 bridgehead atoms. The van der Waals surface area contributed by atoms with E-state index < -0.39 is 0 Å². The third kappa shape index (κ3) is 11.6. The van der Waals surface area contributed by atoms with Crippen molar-refractivity contribution >= 4 is 23.5 Å². The lowest BCUT2D eigenvalue weighted by Gasteiger charge is -2.28. The van der Waals surface area contributed by atoms with Crippen molar-refractivity contribution in [1.82, 2.24) is 16.0 Å². The highest BCUT2D eigenvalue weighted by molar-refractivity contribution is 5.81. The summed E-state index contributed by atoms with van der Waals surface area (Å²) in [7, 11) is 0. The van der Waals surface area contributed by atoms with Crippen LogP contribution in [-0.4, -0.2) is 42.6 Å². The maximum Gasteiger partial charge on any atom is 0.220 e. The van der Waals surface area contributed by atoms with Gasteiger partial charge >= 0.3 is 0 Å². The van der Waals surface area contributed by atoms with Gasteiger partial charge in [-0.15, -0.1) is 0 Å². The number of carbonyl (C=O) groups excluding carboxylic acids is 4. The van der Waals surface area contributed by atoms with Crippen LogP contribution in [0.25, 0.3) is 0 Å². The Balaban J connectivity index is 2.04. The summed E-state index contributed by atoms with van der Waals surface area (Å²) in [5.74, 6) is 0.827. The van der Waals surface area contributed by atoms with E-state index >= 15 is 0 Å². The molecule has 0 unspecified atom stereocenters. The van der Waals surface area contributed by atoms with E-state index in [1.54, 1.807) is 0 Å². The first-order chi connectivity index (χ1) is 13.8. The summed E-state index contributed by atoms with van der Waals surface area (Å²) in [6.45, 7) is 7.13. The molecule has 0 saturated heterocycles. The summed E-state index contributed by atoms with van der Waals surface area (Å²) in [6, 6.07) is 0.152. The van der Waals surface area contributed by atoms with Crippen LogP contribution in [0, 0.1) is 11.8 Å². The quantitative estimate of drug-likeness (QED) is 0.407. The van der Waals surface area contributed by atoms with Gasteiger partial charge in [0.1, 0.15) is 5.78 Å². The largest absolute Gasteiger partial charge is 0.356 e. The molecule has 1 fully saturated rings. The first-order valence-corrected chi connectivity index (χ1v) is 11.2. The highest BCUT2D eigenvalue weighted by Crippen LogP contribution is 2.25. The Morgan fingerprint density at radius 1 is 0.828 bits per heavy atom. The number of ketones is 1. The summed E-state index contributed by atoms with van der Waals surface area (Å²) >= 11 is 0. The van der Waals surface area contributed by atoms with Gasteiger partial charge in [0.25, 0.3) is 0 Å². The van der Waals surface area contributed by atoms with Crippen molar-refractivity contribution in [2.45, 2.75) is 91.0 Å². The number of hydrogen-bond donors (Lipinski definition) is 3. The Kier molecular flexibility index (Phi) is 12.2. The molecule has 0 aromatic carbocycles. The molecule has 1 aliphatic rings. The Bertz CT molecular complexity index is 540. The van der Waals surface area contributed by atoms with Crippen LogP contribution in [0.5, 0.6) is 0 Å². The lowest BCUT2D eigenvalue weighted by molar-refractivity contribution is -0.124. The van der Waals surface area contributed by atoms with E-state index in [1.165, 1.54) is 0 Å². The summed E-state index contributed by atoms with van der Waals surface area (Å²) in [6.07, 6.45) is 6.18. The molecule has 29 heavy (non-hydrogen) atoms. The van der Waals surface area contributed by atoms with Crippen molar-refractivity contribution in [3.63, 3.8) is 0 Å². The van der Waals surface area contributed by atoms with E-state index in [4.69, 9.17) is 0 Å². The van der Waals surface area contributed by atoms with Gasteiger partial charge in [0.15, 0.2) is 0 Å². The van der Waals surface area contributed by atoms with Crippen molar-refractivity contribution in [2.75, 3.05) is 13.1 Å². The SMILES string of the molecule is CCC(=O)C1CCC(NC(=O)CCCC(=O)NCCCC(=O)NCC(C)C)CC1. The molecular weight excluding hydrogens is 370 g/mol. The molecule has 0 radical (unpaired) electrons. The van der Waals surface area contributed by atoms with Gasteiger partial charge in [-0.1, -0.05) is 20.8 Å². The number of amides is 3. The predicted molar refractivity (Wildman–Crippen MR) is 113 cm³/mol. The van der Waals surface area contributed by atoms with Crippen LogP contribution in [0.4, 0.5) is 0 Å². The average molecular weight is 410 g/mol. The highest BCUT2D eigenvalue weighted by Gasteiger charge is 2.25. The Hall–Kier alpha value is -1.92. The second-order valence-corrected chi connectivity index (χ2v) is 8.44. The van der Waals surface area contributed by atoms with Gasteiger partial charge in [0.05, 0.1) is 0 Å². The van der Waals surface area contributed by atoms with Crippen LogP contribution < -0.4 is 16.0 Å². The lowest BCUT2D eigenvalue weighted by Crippen LogP contribution is -2.38. The predicted octanol–water partition coefficient (Wildman–Crippen LogP) is 2.48. The Labute approximate surface area is 175 Å². The van der Waals surface area contributed by atoms with E-state index in [-0.39, 0.29) is 29.7 Å². The zero-order valence-electron chi connectivity index (χ0n) is 18.4. The van der Waals surface area contributed by atoms with E-state index in [2.05, 4.69) is 16.0 Å². The zero-order chi connectivity index (χ0) is 21.6. The minimum atomic E-state index is -0.0843. The topological polar surface area (TPSA) is 104 Å². The van der Waals surface area contributed by atoms with Crippen LogP contribution in [0.1, 0.15) is 85.0 Å². The van der Waals surface area contributed by atoms with Gasteiger partial charge in [-0.3, -0.25) is 19.2 Å². The number of Topliss-reactive ketones (excluding diaryl/α,β-unsaturated/α-hetero) is 1. The molecule has 0 heterocycles. The Morgan fingerprint density at radius 3 is 2.03 bits per heavy atom. The van der Waals surface area contributed by atoms with Crippen molar-refractivity contribution in [3.8, 4) is 0 Å². The van der Waals surface area contributed by atoms with Crippen molar-refractivity contribution in [1.29, 1.82) is 0 Å². The smallest absolute Gasteiger partial charge is 0.220 e. The minimum Gasteiger partial charge on any atom is -0.356 e. The molecule has 7 heteroatoms. The Morgan fingerprint density at radius 2 is 1.41 bits per heavy atom. The van der Waals surface area contributed by atoms with Crippen molar-refractivity contribution in [2.24, 2.45) is 11.8 Å². The second-order valence-electron chi connectivity index (χ2n) is 8.44. The number of rotatable bonds is 13. The fourth-order valence-corrected chi connectivity index (χ4v) is 3.53. The molecular formula is C22H39N3O4. The van der Waals surface area contributed by atoms with Crippen molar-refractivity contribution in [3.05, 3.63) is 0 Å². The molecule has 1 saturated carbocycles. The monoisotopic (exact) mass is 409 g/mol. The third-order valence-electron chi connectivity index (χ3n) is 5.31. The molecule has 0 aromatic rings. The second kappa shape index (κ2) is 14.1. The van der Waals surface area contributed by atoms with Crippen molar-refractivity contribution < 1.29 is 19.2 Å². The summed E-state index contributed by atoms with van der Waals surface area (Å²) in [4.78, 5) is 47.2. The molecule has 0 spiro atoms.